The Labute approximate surface area is 195 Å². The van der Waals surface area contributed by atoms with Crippen LogP contribution in [0, 0.1) is 5.92 Å². The highest BCUT2D eigenvalue weighted by atomic mass is 19.4. The van der Waals surface area contributed by atoms with E-state index in [4.69, 9.17) is 0 Å². The van der Waals surface area contributed by atoms with Crippen LogP contribution in [-0.4, -0.2) is 16.0 Å². The van der Waals surface area contributed by atoms with Gasteiger partial charge in [0.15, 0.2) is 0 Å². The molecule has 8 heteroatoms. The minimum Gasteiger partial charge on any atom is -0.346 e. The number of hydrogen-bond acceptors (Lipinski definition) is 1. The van der Waals surface area contributed by atoms with Gasteiger partial charge < -0.3 is 4.57 Å². The molecule has 0 unspecified atom stereocenters. The first-order valence-electron chi connectivity index (χ1n) is 11.1. The predicted octanol–water partition coefficient (Wildman–Crippen LogP) is 7.62. The van der Waals surface area contributed by atoms with E-state index in [2.05, 4.69) is 18.7 Å². The Bertz CT molecular complexity index is 1030. The molecule has 0 N–H and O–H groups in total. The Morgan fingerprint density at radius 2 is 1.26 bits per heavy atom. The SMILES string of the molecule is CC(C)CCN(Cc1ccc(C(F)(F)F)cc1)Cc1cccn1Cc1ccc(C(F)(F)F)cc1. The van der Waals surface area contributed by atoms with Gasteiger partial charge in [-0.2, -0.15) is 26.3 Å². The zero-order valence-corrected chi connectivity index (χ0v) is 19.1. The van der Waals surface area contributed by atoms with E-state index in [1.54, 1.807) is 0 Å². The van der Waals surface area contributed by atoms with Crippen LogP contribution in [0.2, 0.25) is 0 Å². The molecule has 0 saturated carbocycles. The molecular weight excluding hydrogens is 454 g/mol. The molecule has 1 heterocycles. The van der Waals surface area contributed by atoms with Gasteiger partial charge >= 0.3 is 12.4 Å². The van der Waals surface area contributed by atoms with Crippen LogP contribution in [-0.2, 0) is 32.0 Å². The molecule has 0 aliphatic rings. The average Bonchev–Trinajstić information content (AvgIpc) is 3.18. The Morgan fingerprint density at radius 1 is 0.735 bits per heavy atom. The lowest BCUT2D eigenvalue weighted by Crippen LogP contribution is -2.26. The summed E-state index contributed by atoms with van der Waals surface area (Å²) in [6.07, 6.45) is -5.92. The van der Waals surface area contributed by atoms with Crippen LogP contribution in [0.3, 0.4) is 0 Å². The summed E-state index contributed by atoms with van der Waals surface area (Å²) >= 11 is 0. The van der Waals surface area contributed by atoms with Crippen LogP contribution < -0.4 is 0 Å². The van der Waals surface area contributed by atoms with Crippen LogP contribution in [0.4, 0.5) is 26.3 Å². The van der Waals surface area contributed by atoms with Crippen molar-refractivity contribution in [2.45, 2.75) is 52.3 Å². The molecule has 2 nitrogen and oxygen atoms in total. The van der Waals surface area contributed by atoms with E-state index >= 15 is 0 Å². The second-order valence-corrected chi connectivity index (χ2v) is 8.91. The molecule has 0 aliphatic heterocycles. The van der Waals surface area contributed by atoms with Crippen LogP contribution in [0.5, 0.6) is 0 Å². The predicted molar refractivity (Wildman–Crippen MR) is 120 cm³/mol. The molecular formula is C26H28F6N2. The molecule has 0 fully saturated rings. The first-order chi connectivity index (χ1) is 15.9. The lowest BCUT2D eigenvalue weighted by atomic mass is 10.1. The van der Waals surface area contributed by atoms with Gasteiger partial charge in [-0.25, -0.2) is 0 Å². The van der Waals surface area contributed by atoms with E-state index in [-0.39, 0.29) is 0 Å². The maximum Gasteiger partial charge on any atom is 0.416 e. The second kappa shape index (κ2) is 10.7. The average molecular weight is 483 g/mol. The van der Waals surface area contributed by atoms with Crippen molar-refractivity contribution in [2.24, 2.45) is 5.92 Å². The van der Waals surface area contributed by atoms with Gasteiger partial charge in [-0.15, -0.1) is 0 Å². The summed E-state index contributed by atoms with van der Waals surface area (Å²) in [6, 6.07) is 14.2. The minimum atomic E-state index is -4.37. The summed E-state index contributed by atoms with van der Waals surface area (Å²) in [5, 5.41) is 0. The monoisotopic (exact) mass is 482 g/mol. The van der Waals surface area contributed by atoms with Gasteiger partial charge in [0.25, 0.3) is 0 Å². The van der Waals surface area contributed by atoms with Crippen molar-refractivity contribution in [1.82, 2.24) is 9.47 Å². The highest BCUT2D eigenvalue weighted by Crippen LogP contribution is 2.30. The third kappa shape index (κ3) is 7.38. The standard InChI is InChI=1S/C26H28F6N2/c1-19(2)13-15-33(16-20-5-9-22(10-6-20)25(27,28)29)18-24-4-3-14-34(24)17-21-7-11-23(12-8-21)26(30,31)32/h3-12,14,19H,13,15-18H2,1-2H3. The van der Waals surface area contributed by atoms with Crippen molar-refractivity contribution < 1.29 is 26.3 Å². The Kier molecular flexibility index (Phi) is 8.13. The van der Waals surface area contributed by atoms with Crippen LogP contribution >= 0.6 is 0 Å². The highest BCUT2D eigenvalue weighted by molar-refractivity contribution is 5.26. The molecule has 184 valence electrons. The van der Waals surface area contributed by atoms with Gasteiger partial charge in [0.2, 0.25) is 0 Å². The lowest BCUT2D eigenvalue weighted by Gasteiger charge is -2.24. The molecule has 34 heavy (non-hydrogen) atoms. The third-order valence-electron chi connectivity index (χ3n) is 5.65. The summed E-state index contributed by atoms with van der Waals surface area (Å²) in [5.74, 6) is 0.467. The molecule has 0 saturated heterocycles. The molecule has 0 aliphatic carbocycles. The van der Waals surface area contributed by atoms with Gasteiger partial charge in [0, 0.05) is 31.5 Å². The Hall–Kier alpha value is -2.74. The van der Waals surface area contributed by atoms with Crippen LogP contribution in [0.1, 0.15) is 48.2 Å². The van der Waals surface area contributed by atoms with Crippen molar-refractivity contribution in [2.75, 3.05) is 6.54 Å². The molecule has 1 aromatic heterocycles. The van der Waals surface area contributed by atoms with Gasteiger partial charge in [0.05, 0.1) is 11.1 Å². The van der Waals surface area contributed by atoms with E-state index in [0.717, 1.165) is 54.1 Å². The van der Waals surface area contributed by atoms with Crippen molar-refractivity contribution in [3.8, 4) is 0 Å². The summed E-state index contributed by atoms with van der Waals surface area (Å²) in [5.41, 5.74) is 1.17. The quantitative estimate of drug-likeness (QED) is 0.285. The van der Waals surface area contributed by atoms with Crippen molar-refractivity contribution in [3.63, 3.8) is 0 Å². The van der Waals surface area contributed by atoms with Crippen molar-refractivity contribution in [1.29, 1.82) is 0 Å². The molecule has 0 bridgehead atoms. The van der Waals surface area contributed by atoms with E-state index in [0.29, 0.717) is 25.6 Å². The molecule has 0 amide bonds. The molecule has 3 aromatic rings. The lowest BCUT2D eigenvalue weighted by molar-refractivity contribution is -0.138. The fraction of sp³-hybridized carbons (Fsp3) is 0.385. The highest BCUT2D eigenvalue weighted by Gasteiger charge is 2.30. The molecule has 0 radical (unpaired) electrons. The largest absolute Gasteiger partial charge is 0.416 e. The summed E-state index contributed by atoms with van der Waals surface area (Å²) in [4.78, 5) is 2.18. The number of benzene rings is 2. The number of rotatable bonds is 9. The zero-order valence-electron chi connectivity index (χ0n) is 19.1. The van der Waals surface area contributed by atoms with E-state index in [1.807, 2.05) is 22.9 Å². The van der Waals surface area contributed by atoms with Gasteiger partial charge in [-0.3, -0.25) is 4.90 Å². The summed E-state index contributed by atoms with van der Waals surface area (Å²) < 4.78 is 79.1. The number of aromatic nitrogens is 1. The van der Waals surface area contributed by atoms with E-state index in [9.17, 15) is 26.3 Å². The topological polar surface area (TPSA) is 8.17 Å². The molecule has 2 aromatic carbocycles. The van der Waals surface area contributed by atoms with Gasteiger partial charge in [-0.1, -0.05) is 38.1 Å². The molecule has 0 spiro atoms. The van der Waals surface area contributed by atoms with Gasteiger partial charge in [-0.05, 0) is 66.4 Å². The smallest absolute Gasteiger partial charge is 0.346 e. The van der Waals surface area contributed by atoms with Crippen LogP contribution in [0.25, 0.3) is 0 Å². The number of halogens is 6. The fourth-order valence-corrected chi connectivity index (χ4v) is 3.68. The maximum atomic E-state index is 12.9. The summed E-state index contributed by atoms with van der Waals surface area (Å²) in [7, 11) is 0. The fourth-order valence-electron chi connectivity index (χ4n) is 3.68. The van der Waals surface area contributed by atoms with E-state index in [1.165, 1.54) is 24.3 Å². The number of alkyl halides is 6. The molecule has 0 atom stereocenters. The second-order valence-electron chi connectivity index (χ2n) is 8.91. The summed E-state index contributed by atoms with van der Waals surface area (Å²) in [6.45, 7) is 6.49. The van der Waals surface area contributed by atoms with Gasteiger partial charge in [0.1, 0.15) is 0 Å². The van der Waals surface area contributed by atoms with E-state index < -0.39 is 23.5 Å². The van der Waals surface area contributed by atoms with Crippen molar-refractivity contribution in [3.05, 3.63) is 94.8 Å². The zero-order chi connectivity index (χ0) is 24.9. The third-order valence-corrected chi connectivity index (χ3v) is 5.65. The number of nitrogens with zero attached hydrogens (tertiary/aromatic N) is 2. The number of hydrogen-bond donors (Lipinski definition) is 0. The van der Waals surface area contributed by atoms with Crippen LogP contribution in [0.15, 0.2) is 66.9 Å². The first kappa shape index (κ1) is 25.9. The first-order valence-corrected chi connectivity index (χ1v) is 11.1. The normalized spacial score (nSPS) is 12.6. The molecule has 3 rings (SSSR count). The Balaban J connectivity index is 1.72. The Morgan fingerprint density at radius 3 is 1.76 bits per heavy atom. The maximum absolute atomic E-state index is 12.9. The van der Waals surface area contributed by atoms with Crippen molar-refractivity contribution >= 4 is 0 Å². The minimum absolute atomic E-state index is 0.429.